The number of ether oxygens (including phenoxy) is 2. The zero-order chi connectivity index (χ0) is 18.1. The van der Waals surface area contributed by atoms with Crippen molar-refractivity contribution in [3.8, 4) is 11.5 Å². The normalized spacial score (nSPS) is 10.5. The number of carbonyl (C=O) groups excluding carboxylic acids is 1. The highest BCUT2D eigenvalue weighted by atomic mass is 16.5. The summed E-state index contributed by atoms with van der Waals surface area (Å²) in [6.45, 7) is 8.68. The molecule has 2 aromatic carbocycles. The second kappa shape index (κ2) is 9.33. The maximum absolute atomic E-state index is 12.1. The van der Waals surface area contributed by atoms with E-state index >= 15 is 0 Å². The van der Waals surface area contributed by atoms with Crippen molar-refractivity contribution >= 4 is 17.7 Å². The molecular formula is C21H23NO3. The Morgan fingerprint density at radius 3 is 2.52 bits per heavy atom. The van der Waals surface area contributed by atoms with E-state index in [0.717, 1.165) is 16.9 Å². The minimum atomic E-state index is -0.222. The molecule has 25 heavy (non-hydrogen) atoms. The van der Waals surface area contributed by atoms with Crippen LogP contribution >= 0.6 is 0 Å². The smallest absolute Gasteiger partial charge is 0.248 e. The van der Waals surface area contributed by atoms with E-state index in [-0.39, 0.29) is 5.91 Å². The van der Waals surface area contributed by atoms with Crippen LogP contribution in [0.1, 0.15) is 19.4 Å². The molecule has 4 heteroatoms. The van der Waals surface area contributed by atoms with Crippen molar-refractivity contribution in [3.05, 3.63) is 72.3 Å². The van der Waals surface area contributed by atoms with Gasteiger partial charge in [0.15, 0.2) is 0 Å². The van der Waals surface area contributed by atoms with Gasteiger partial charge in [-0.25, -0.2) is 0 Å². The Hall–Kier alpha value is -3.01. The highest BCUT2D eigenvalue weighted by Crippen LogP contribution is 2.24. The van der Waals surface area contributed by atoms with E-state index in [0.29, 0.717) is 24.7 Å². The van der Waals surface area contributed by atoms with Gasteiger partial charge in [-0.1, -0.05) is 30.8 Å². The van der Waals surface area contributed by atoms with E-state index in [2.05, 4.69) is 11.9 Å². The predicted molar refractivity (Wildman–Crippen MR) is 102 cm³/mol. The molecule has 0 fully saturated rings. The molecule has 1 N–H and O–H groups in total. The van der Waals surface area contributed by atoms with Crippen LogP contribution in [0.25, 0.3) is 6.08 Å². The third-order valence-corrected chi connectivity index (χ3v) is 3.24. The lowest BCUT2D eigenvalue weighted by Gasteiger charge is -2.11. The summed E-state index contributed by atoms with van der Waals surface area (Å²) in [5, 5.41) is 2.83. The minimum Gasteiger partial charge on any atom is -0.494 e. The Labute approximate surface area is 148 Å². The number of benzene rings is 2. The number of hydrogen-bond acceptors (Lipinski definition) is 3. The highest BCUT2D eigenvalue weighted by Gasteiger charge is 2.05. The largest absolute Gasteiger partial charge is 0.494 e. The van der Waals surface area contributed by atoms with E-state index in [4.69, 9.17) is 9.47 Å². The lowest BCUT2D eigenvalue weighted by molar-refractivity contribution is -0.111. The Bertz CT molecular complexity index is 748. The van der Waals surface area contributed by atoms with Gasteiger partial charge in [-0.05, 0) is 55.3 Å². The Balaban J connectivity index is 1.98. The first-order valence-electron chi connectivity index (χ1n) is 8.16. The van der Waals surface area contributed by atoms with E-state index < -0.39 is 0 Å². The fourth-order valence-corrected chi connectivity index (χ4v) is 2.08. The Morgan fingerprint density at radius 2 is 1.84 bits per heavy atom. The molecule has 2 aromatic rings. The molecule has 0 saturated heterocycles. The van der Waals surface area contributed by atoms with Gasteiger partial charge in [0.1, 0.15) is 18.1 Å². The van der Waals surface area contributed by atoms with Gasteiger partial charge in [0.25, 0.3) is 0 Å². The molecule has 0 bridgehead atoms. The topological polar surface area (TPSA) is 47.6 Å². The molecule has 2 rings (SSSR count). The van der Waals surface area contributed by atoms with Crippen molar-refractivity contribution in [3.63, 3.8) is 0 Å². The summed E-state index contributed by atoms with van der Waals surface area (Å²) in [6.07, 6.45) is 3.24. The molecule has 0 unspecified atom stereocenters. The predicted octanol–water partition coefficient (Wildman–Crippen LogP) is 4.69. The average Bonchev–Trinajstić information content (AvgIpc) is 2.60. The van der Waals surface area contributed by atoms with Crippen LogP contribution in [0.15, 0.2) is 66.8 Å². The molecule has 0 atom stereocenters. The molecule has 0 saturated carbocycles. The van der Waals surface area contributed by atoms with Crippen LogP contribution in [0.3, 0.4) is 0 Å². The zero-order valence-corrected chi connectivity index (χ0v) is 14.6. The van der Waals surface area contributed by atoms with Gasteiger partial charge in [0.05, 0.1) is 12.3 Å². The average molecular weight is 337 g/mol. The second-order valence-corrected chi connectivity index (χ2v) is 5.57. The molecule has 0 aliphatic heterocycles. The maximum Gasteiger partial charge on any atom is 0.248 e. The molecular weight excluding hydrogens is 314 g/mol. The van der Waals surface area contributed by atoms with Crippen LogP contribution in [-0.2, 0) is 4.79 Å². The summed E-state index contributed by atoms with van der Waals surface area (Å²) < 4.78 is 11.0. The standard InChI is InChI=1S/C21H23NO3/c1-4-24-18-12-9-17(10-13-18)11-14-21(23)22-19-7-5-6-8-20(19)25-15-16(2)3/h5-14H,2,4,15H2,1,3H3,(H,22,23)/b14-11+. The summed E-state index contributed by atoms with van der Waals surface area (Å²) in [5.41, 5.74) is 2.46. The van der Waals surface area contributed by atoms with Crippen LogP contribution in [0.4, 0.5) is 5.69 Å². The molecule has 0 radical (unpaired) electrons. The summed E-state index contributed by atoms with van der Waals surface area (Å²) in [5.74, 6) is 1.21. The number of nitrogens with one attached hydrogen (secondary N) is 1. The van der Waals surface area contributed by atoms with E-state index in [1.807, 2.05) is 56.3 Å². The lowest BCUT2D eigenvalue weighted by atomic mass is 10.2. The summed E-state index contributed by atoms with van der Waals surface area (Å²) in [4.78, 5) is 12.1. The number of hydrogen-bond donors (Lipinski definition) is 1. The monoisotopic (exact) mass is 337 g/mol. The maximum atomic E-state index is 12.1. The quantitative estimate of drug-likeness (QED) is 0.561. The molecule has 0 aliphatic carbocycles. The van der Waals surface area contributed by atoms with Crippen LogP contribution in [0, 0.1) is 0 Å². The zero-order valence-electron chi connectivity index (χ0n) is 14.6. The van der Waals surface area contributed by atoms with Crippen molar-refractivity contribution in [1.82, 2.24) is 0 Å². The fraction of sp³-hybridized carbons (Fsp3) is 0.190. The van der Waals surface area contributed by atoms with Gasteiger partial charge >= 0.3 is 0 Å². The van der Waals surface area contributed by atoms with Gasteiger partial charge in [0, 0.05) is 6.08 Å². The minimum absolute atomic E-state index is 0.222. The molecule has 0 spiro atoms. The fourth-order valence-electron chi connectivity index (χ4n) is 2.08. The molecule has 130 valence electrons. The molecule has 0 aliphatic rings. The van der Waals surface area contributed by atoms with Gasteiger partial charge in [0.2, 0.25) is 5.91 Å². The van der Waals surface area contributed by atoms with E-state index in [9.17, 15) is 4.79 Å². The van der Waals surface area contributed by atoms with Crippen molar-refractivity contribution in [1.29, 1.82) is 0 Å². The number of para-hydroxylation sites is 2. The lowest BCUT2D eigenvalue weighted by Crippen LogP contribution is -2.10. The van der Waals surface area contributed by atoms with Crippen molar-refractivity contribution in [2.24, 2.45) is 0 Å². The van der Waals surface area contributed by atoms with Crippen LogP contribution in [-0.4, -0.2) is 19.1 Å². The first-order valence-corrected chi connectivity index (χ1v) is 8.16. The number of carbonyl (C=O) groups is 1. The Morgan fingerprint density at radius 1 is 1.12 bits per heavy atom. The molecule has 0 heterocycles. The van der Waals surface area contributed by atoms with Gasteiger partial charge in [-0.2, -0.15) is 0 Å². The molecule has 4 nitrogen and oxygen atoms in total. The summed E-state index contributed by atoms with van der Waals surface area (Å²) in [6, 6.07) is 14.9. The first kappa shape index (κ1) is 18.3. The van der Waals surface area contributed by atoms with Crippen molar-refractivity contribution in [2.75, 3.05) is 18.5 Å². The SMILES string of the molecule is C=C(C)COc1ccccc1NC(=O)/C=C/c1ccc(OCC)cc1. The first-order chi connectivity index (χ1) is 12.1. The van der Waals surface area contributed by atoms with Crippen LogP contribution in [0.5, 0.6) is 11.5 Å². The summed E-state index contributed by atoms with van der Waals surface area (Å²) in [7, 11) is 0. The van der Waals surface area contributed by atoms with Crippen LogP contribution < -0.4 is 14.8 Å². The Kier molecular flexibility index (Phi) is 6.84. The van der Waals surface area contributed by atoms with Crippen LogP contribution in [0.2, 0.25) is 0 Å². The van der Waals surface area contributed by atoms with Gasteiger partial charge in [-0.15, -0.1) is 0 Å². The molecule has 0 aromatic heterocycles. The van der Waals surface area contributed by atoms with Crippen molar-refractivity contribution in [2.45, 2.75) is 13.8 Å². The van der Waals surface area contributed by atoms with Gasteiger partial charge < -0.3 is 14.8 Å². The summed E-state index contributed by atoms with van der Waals surface area (Å²) >= 11 is 0. The second-order valence-electron chi connectivity index (χ2n) is 5.57. The third kappa shape index (κ3) is 6.18. The number of anilines is 1. The van der Waals surface area contributed by atoms with Gasteiger partial charge in [-0.3, -0.25) is 4.79 Å². The number of amides is 1. The number of rotatable bonds is 8. The third-order valence-electron chi connectivity index (χ3n) is 3.24. The van der Waals surface area contributed by atoms with E-state index in [1.165, 1.54) is 6.08 Å². The van der Waals surface area contributed by atoms with E-state index in [1.54, 1.807) is 12.1 Å². The molecule has 1 amide bonds. The van der Waals surface area contributed by atoms with Crippen molar-refractivity contribution < 1.29 is 14.3 Å². The highest BCUT2D eigenvalue weighted by molar-refractivity contribution is 6.02.